The van der Waals surface area contributed by atoms with Crippen molar-refractivity contribution in [2.24, 2.45) is 0 Å². The minimum absolute atomic E-state index is 0.0276. The van der Waals surface area contributed by atoms with Crippen LogP contribution >= 0.6 is 0 Å². The highest BCUT2D eigenvalue weighted by molar-refractivity contribution is 7.89. The van der Waals surface area contributed by atoms with E-state index < -0.39 is 21.9 Å². The van der Waals surface area contributed by atoms with E-state index in [0.717, 1.165) is 6.20 Å². The lowest BCUT2D eigenvalue weighted by atomic mass is 10.2. The number of fused-ring (bicyclic) bond motifs is 1. The number of hydrogen-bond donors (Lipinski definition) is 3. The fraction of sp³-hybridized carbons (Fsp3) is 0.227. The van der Waals surface area contributed by atoms with Crippen LogP contribution < -0.4 is 29.7 Å². The van der Waals surface area contributed by atoms with Crippen molar-refractivity contribution < 1.29 is 27.1 Å². The van der Waals surface area contributed by atoms with Crippen molar-refractivity contribution in [3.63, 3.8) is 0 Å². The number of ether oxygens (including phenoxy) is 2. The van der Waals surface area contributed by atoms with Gasteiger partial charge < -0.3 is 25.0 Å². The molecule has 11 nitrogen and oxygen atoms in total. The van der Waals surface area contributed by atoms with E-state index in [4.69, 9.17) is 9.47 Å². The standard InChI is InChI=1S/C22H23FN6O5S/c1-12-21(30)27-16-10-14(6-7-17(16)34-12)29(3)20-15(23)11-25-22(28-20)26-13-5-8-19(18(9-13)33-4)35(31,32)24-2/h5-12,24H,1-4H3,(H,27,30)(H,25,26,28). The van der Waals surface area contributed by atoms with E-state index in [-0.39, 0.29) is 28.3 Å². The zero-order chi connectivity index (χ0) is 25.3. The summed E-state index contributed by atoms with van der Waals surface area (Å²) < 4.78 is 52.0. The number of sulfonamides is 1. The quantitative estimate of drug-likeness (QED) is 0.446. The molecule has 184 valence electrons. The first-order valence-corrected chi connectivity index (χ1v) is 11.9. The average Bonchev–Trinajstić information content (AvgIpc) is 2.85. The minimum atomic E-state index is -3.72. The molecule has 2 aromatic carbocycles. The fourth-order valence-corrected chi connectivity index (χ4v) is 4.26. The largest absolute Gasteiger partial charge is 0.495 e. The zero-order valence-electron chi connectivity index (χ0n) is 19.3. The van der Waals surface area contributed by atoms with E-state index in [1.165, 1.54) is 37.3 Å². The summed E-state index contributed by atoms with van der Waals surface area (Å²) in [4.78, 5) is 21.6. The molecular formula is C22H23FN6O5S. The molecule has 0 saturated heterocycles. The van der Waals surface area contributed by atoms with Gasteiger partial charge in [-0.15, -0.1) is 0 Å². The topological polar surface area (TPSA) is 135 Å². The molecule has 0 spiro atoms. The number of anilines is 5. The lowest BCUT2D eigenvalue weighted by Gasteiger charge is -2.26. The predicted octanol–water partition coefficient (Wildman–Crippen LogP) is 2.76. The van der Waals surface area contributed by atoms with E-state index in [1.807, 2.05) is 0 Å². The molecule has 0 radical (unpaired) electrons. The van der Waals surface area contributed by atoms with Crippen molar-refractivity contribution in [1.29, 1.82) is 0 Å². The van der Waals surface area contributed by atoms with Gasteiger partial charge in [-0.05, 0) is 44.3 Å². The maximum Gasteiger partial charge on any atom is 0.265 e. The van der Waals surface area contributed by atoms with Gasteiger partial charge in [-0.1, -0.05) is 0 Å². The van der Waals surface area contributed by atoms with Crippen molar-refractivity contribution in [1.82, 2.24) is 14.7 Å². The molecule has 1 amide bonds. The molecule has 0 saturated carbocycles. The highest BCUT2D eigenvalue weighted by Gasteiger charge is 2.25. The fourth-order valence-electron chi connectivity index (χ4n) is 3.39. The van der Waals surface area contributed by atoms with Gasteiger partial charge >= 0.3 is 0 Å². The van der Waals surface area contributed by atoms with Crippen molar-refractivity contribution in [2.45, 2.75) is 17.9 Å². The Morgan fingerprint density at radius 1 is 1.23 bits per heavy atom. The smallest absolute Gasteiger partial charge is 0.265 e. The van der Waals surface area contributed by atoms with Gasteiger partial charge in [0.25, 0.3) is 5.91 Å². The van der Waals surface area contributed by atoms with Crippen LogP contribution in [0.15, 0.2) is 47.5 Å². The number of benzene rings is 2. The Labute approximate surface area is 201 Å². The van der Waals surface area contributed by atoms with Crippen molar-refractivity contribution in [3.8, 4) is 11.5 Å². The lowest BCUT2D eigenvalue weighted by molar-refractivity contribution is -0.122. The SMILES string of the molecule is CNS(=O)(=O)c1ccc(Nc2ncc(F)c(N(C)c3ccc4c(c3)NC(=O)C(C)O4)n2)cc1OC. The number of halogens is 1. The van der Waals surface area contributed by atoms with Crippen LogP contribution in [0.5, 0.6) is 11.5 Å². The summed E-state index contributed by atoms with van der Waals surface area (Å²) in [5.41, 5.74) is 1.45. The zero-order valence-corrected chi connectivity index (χ0v) is 20.1. The van der Waals surface area contributed by atoms with Crippen LogP contribution in [0.4, 0.5) is 33.2 Å². The third-order valence-electron chi connectivity index (χ3n) is 5.30. The van der Waals surface area contributed by atoms with E-state index in [2.05, 4.69) is 25.3 Å². The molecule has 3 N–H and O–H groups in total. The van der Waals surface area contributed by atoms with E-state index in [0.29, 0.717) is 22.8 Å². The van der Waals surface area contributed by atoms with Gasteiger partial charge in [-0.2, -0.15) is 4.98 Å². The first-order chi connectivity index (χ1) is 16.6. The predicted molar refractivity (Wildman–Crippen MR) is 128 cm³/mol. The molecular weight excluding hydrogens is 479 g/mol. The molecule has 13 heteroatoms. The Bertz CT molecular complexity index is 1400. The molecule has 0 aliphatic carbocycles. The van der Waals surface area contributed by atoms with Crippen molar-refractivity contribution in [3.05, 3.63) is 48.4 Å². The van der Waals surface area contributed by atoms with Crippen LogP contribution in [0.3, 0.4) is 0 Å². The molecule has 35 heavy (non-hydrogen) atoms. The third-order valence-corrected chi connectivity index (χ3v) is 6.76. The summed E-state index contributed by atoms with van der Waals surface area (Å²) in [6.45, 7) is 1.64. The van der Waals surface area contributed by atoms with Crippen LogP contribution in [0.1, 0.15) is 6.92 Å². The maximum atomic E-state index is 14.7. The molecule has 1 aliphatic rings. The number of aromatic nitrogens is 2. The van der Waals surface area contributed by atoms with Gasteiger partial charge in [0.05, 0.1) is 19.0 Å². The molecule has 1 unspecified atom stereocenters. The maximum absolute atomic E-state index is 14.7. The number of amides is 1. The number of nitrogens with zero attached hydrogens (tertiary/aromatic N) is 3. The van der Waals surface area contributed by atoms with Crippen molar-refractivity contribution in [2.75, 3.05) is 36.7 Å². The average molecular weight is 503 g/mol. The summed E-state index contributed by atoms with van der Waals surface area (Å²) in [5.74, 6) is -0.282. The second kappa shape index (κ2) is 9.35. The van der Waals surface area contributed by atoms with E-state index in [9.17, 15) is 17.6 Å². The molecule has 1 atom stereocenters. The summed E-state index contributed by atoms with van der Waals surface area (Å²) in [5, 5.41) is 5.68. The molecule has 0 fully saturated rings. The van der Waals surface area contributed by atoms with Gasteiger partial charge in [0.1, 0.15) is 16.4 Å². The van der Waals surface area contributed by atoms with Gasteiger partial charge in [0, 0.05) is 24.5 Å². The molecule has 1 aromatic heterocycles. The van der Waals surface area contributed by atoms with E-state index >= 15 is 0 Å². The number of hydrogen-bond acceptors (Lipinski definition) is 9. The van der Waals surface area contributed by atoms with Crippen molar-refractivity contribution >= 4 is 44.8 Å². The number of nitrogens with one attached hydrogen (secondary N) is 3. The van der Waals surface area contributed by atoms with Crippen LogP contribution in [0, 0.1) is 5.82 Å². The molecule has 1 aliphatic heterocycles. The van der Waals surface area contributed by atoms with Gasteiger partial charge in [-0.25, -0.2) is 22.5 Å². The monoisotopic (exact) mass is 502 g/mol. The Hall–Kier alpha value is -3.97. The minimum Gasteiger partial charge on any atom is -0.495 e. The number of methoxy groups -OCH3 is 1. The first kappa shape index (κ1) is 24.2. The number of carbonyl (C=O) groups excluding carboxylic acids is 1. The Kier molecular flexibility index (Phi) is 6.45. The van der Waals surface area contributed by atoms with E-state index in [1.54, 1.807) is 32.2 Å². The highest BCUT2D eigenvalue weighted by Crippen LogP contribution is 2.35. The molecule has 0 bridgehead atoms. The molecule has 3 aromatic rings. The highest BCUT2D eigenvalue weighted by atomic mass is 32.2. The van der Waals surface area contributed by atoms with Crippen LogP contribution in [0.2, 0.25) is 0 Å². The summed E-state index contributed by atoms with van der Waals surface area (Å²) in [6, 6.07) is 9.39. The summed E-state index contributed by atoms with van der Waals surface area (Å²) >= 11 is 0. The Morgan fingerprint density at radius 3 is 2.71 bits per heavy atom. The normalized spacial score (nSPS) is 15.0. The van der Waals surface area contributed by atoms with Gasteiger partial charge in [0.15, 0.2) is 17.7 Å². The second-order valence-electron chi connectivity index (χ2n) is 7.55. The Balaban J connectivity index is 1.61. The third kappa shape index (κ3) is 4.81. The van der Waals surface area contributed by atoms with Gasteiger partial charge in [0.2, 0.25) is 16.0 Å². The second-order valence-corrected chi connectivity index (χ2v) is 9.41. The first-order valence-electron chi connectivity index (χ1n) is 10.4. The van der Waals surface area contributed by atoms with Crippen LogP contribution in [-0.4, -0.2) is 51.6 Å². The van der Waals surface area contributed by atoms with Crippen LogP contribution in [-0.2, 0) is 14.8 Å². The molecule has 2 heterocycles. The molecule has 4 rings (SSSR count). The summed E-state index contributed by atoms with van der Waals surface area (Å²) in [7, 11) is 0.543. The lowest BCUT2D eigenvalue weighted by Crippen LogP contribution is -2.34. The number of rotatable bonds is 7. The Morgan fingerprint density at radius 2 is 2.00 bits per heavy atom. The van der Waals surface area contributed by atoms with Gasteiger partial charge in [-0.3, -0.25) is 4.79 Å². The summed E-state index contributed by atoms with van der Waals surface area (Å²) in [6.07, 6.45) is 0.411. The number of carbonyl (C=O) groups is 1. The van der Waals surface area contributed by atoms with Crippen LogP contribution in [0.25, 0.3) is 0 Å².